The van der Waals surface area contributed by atoms with Gasteiger partial charge in [0.15, 0.2) is 5.82 Å². The molecule has 0 bridgehead atoms. The maximum Gasteiger partial charge on any atom is 0.349 e. The van der Waals surface area contributed by atoms with Crippen molar-refractivity contribution in [2.24, 2.45) is 5.41 Å². The molecule has 37 heavy (non-hydrogen) atoms. The Labute approximate surface area is 211 Å². The highest BCUT2D eigenvalue weighted by atomic mass is 19.1. The van der Waals surface area contributed by atoms with Crippen LogP contribution < -0.4 is 15.3 Å². The molecule has 2 aliphatic rings. The van der Waals surface area contributed by atoms with Gasteiger partial charge in [0.25, 0.3) is 0 Å². The van der Waals surface area contributed by atoms with Gasteiger partial charge in [-0.15, -0.1) is 0 Å². The lowest BCUT2D eigenvalue weighted by molar-refractivity contribution is 0.0152. The molecule has 6 rings (SSSR count). The number of alkyl halides is 1. The zero-order chi connectivity index (χ0) is 25.9. The summed E-state index contributed by atoms with van der Waals surface area (Å²) in [6, 6.07) is 7.49. The molecule has 4 aromatic rings. The number of phenols is 1. The number of aryl methyl sites for hydroxylation is 1. The molecular formula is C28H27F2N3O4. The van der Waals surface area contributed by atoms with E-state index in [0.717, 1.165) is 19.3 Å². The van der Waals surface area contributed by atoms with Crippen molar-refractivity contribution in [2.45, 2.75) is 45.2 Å². The van der Waals surface area contributed by atoms with Crippen LogP contribution in [0, 0.1) is 18.2 Å². The monoisotopic (exact) mass is 507 g/mol. The molecule has 2 aromatic heterocycles. The van der Waals surface area contributed by atoms with Crippen LogP contribution in [0.2, 0.25) is 0 Å². The first-order valence-corrected chi connectivity index (χ1v) is 12.5. The number of methoxy groups -OCH3 is 1. The number of nitrogens with zero attached hydrogens (tertiary/aromatic N) is 3. The summed E-state index contributed by atoms with van der Waals surface area (Å²) in [7, 11) is 1.46. The average Bonchev–Trinajstić information content (AvgIpc) is 3.08. The predicted octanol–water partition coefficient (Wildman–Crippen LogP) is 5.67. The van der Waals surface area contributed by atoms with E-state index in [1.807, 2.05) is 4.90 Å². The Kier molecular flexibility index (Phi) is 5.54. The standard InChI is InChI=1S/C28H27F2N3O4/c1-15-23-22(26(35)37-24(15)19-12-18(34)11-16-5-3-6-20(30)21(16)19)25(32-27(31-23)36-2)33-9-4-7-28(8-10-33)13-17(29)14-28/h3,5-6,11-12,17,34H,4,7-10,13-14H2,1-2H3. The van der Waals surface area contributed by atoms with Crippen molar-refractivity contribution >= 4 is 27.5 Å². The van der Waals surface area contributed by atoms with E-state index in [-0.39, 0.29) is 39.3 Å². The molecule has 1 N–H and O–H groups in total. The Balaban J connectivity index is 1.53. The van der Waals surface area contributed by atoms with Crippen LogP contribution in [0.4, 0.5) is 14.6 Å². The maximum atomic E-state index is 14.9. The fraction of sp³-hybridized carbons (Fsp3) is 0.393. The second-order valence-corrected chi connectivity index (χ2v) is 10.3. The number of anilines is 1. The minimum Gasteiger partial charge on any atom is -0.508 e. The minimum atomic E-state index is -0.724. The summed E-state index contributed by atoms with van der Waals surface area (Å²) in [5.41, 5.74) is 0.457. The number of hydrogen-bond donors (Lipinski definition) is 1. The number of rotatable bonds is 3. The molecule has 0 atom stereocenters. The van der Waals surface area contributed by atoms with E-state index in [2.05, 4.69) is 9.97 Å². The molecule has 1 saturated carbocycles. The second kappa shape index (κ2) is 8.68. The van der Waals surface area contributed by atoms with Crippen LogP contribution >= 0.6 is 0 Å². The van der Waals surface area contributed by atoms with Gasteiger partial charge < -0.3 is 19.2 Å². The van der Waals surface area contributed by atoms with Gasteiger partial charge in [-0.05, 0) is 68.0 Å². The fourth-order valence-corrected chi connectivity index (χ4v) is 6.09. The summed E-state index contributed by atoms with van der Waals surface area (Å²) in [5.74, 6) is -0.0410. The van der Waals surface area contributed by atoms with Gasteiger partial charge in [0.05, 0.1) is 12.6 Å². The Morgan fingerprint density at radius 3 is 2.73 bits per heavy atom. The Morgan fingerprint density at radius 1 is 1.16 bits per heavy atom. The van der Waals surface area contributed by atoms with Crippen LogP contribution in [-0.4, -0.2) is 41.4 Å². The average molecular weight is 508 g/mol. The number of hydrogen-bond acceptors (Lipinski definition) is 7. The Bertz CT molecular complexity index is 1600. The molecule has 0 radical (unpaired) electrons. The third kappa shape index (κ3) is 3.88. The molecule has 1 spiro atoms. The molecular weight excluding hydrogens is 480 g/mol. The molecule has 2 fully saturated rings. The van der Waals surface area contributed by atoms with Gasteiger partial charge in [-0.25, -0.2) is 13.6 Å². The summed E-state index contributed by atoms with van der Waals surface area (Å²) in [6.45, 7) is 3.03. The molecule has 0 unspecified atom stereocenters. The van der Waals surface area contributed by atoms with Crippen LogP contribution in [0.5, 0.6) is 11.8 Å². The third-order valence-corrected chi connectivity index (χ3v) is 7.96. The number of aromatic nitrogens is 2. The number of benzene rings is 2. The smallest absolute Gasteiger partial charge is 0.349 e. The van der Waals surface area contributed by atoms with E-state index in [1.165, 1.54) is 25.3 Å². The largest absolute Gasteiger partial charge is 0.508 e. The highest BCUT2D eigenvalue weighted by molar-refractivity contribution is 6.00. The lowest BCUT2D eigenvalue weighted by Crippen LogP contribution is -2.39. The topological polar surface area (TPSA) is 88.7 Å². The number of ether oxygens (including phenoxy) is 1. The van der Waals surface area contributed by atoms with Crippen LogP contribution in [0.3, 0.4) is 0 Å². The first kappa shape index (κ1) is 23.6. The number of aromatic hydroxyl groups is 1. The van der Waals surface area contributed by atoms with Crippen molar-refractivity contribution in [3.8, 4) is 23.1 Å². The van der Waals surface area contributed by atoms with E-state index in [9.17, 15) is 18.7 Å². The molecule has 1 aliphatic carbocycles. The number of halogens is 2. The summed E-state index contributed by atoms with van der Waals surface area (Å²) in [4.78, 5) is 24.5. The first-order valence-electron chi connectivity index (χ1n) is 12.5. The van der Waals surface area contributed by atoms with Gasteiger partial charge in [0.1, 0.15) is 28.9 Å². The van der Waals surface area contributed by atoms with Gasteiger partial charge in [0.2, 0.25) is 0 Å². The van der Waals surface area contributed by atoms with E-state index in [1.54, 1.807) is 19.1 Å². The molecule has 192 valence electrons. The second-order valence-electron chi connectivity index (χ2n) is 10.3. The molecule has 2 aromatic carbocycles. The summed E-state index contributed by atoms with van der Waals surface area (Å²) in [6.07, 6.45) is 3.08. The van der Waals surface area contributed by atoms with Gasteiger partial charge in [-0.1, -0.05) is 12.1 Å². The van der Waals surface area contributed by atoms with E-state index < -0.39 is 17.6 Å². The summed E-state index contributed by atoms with van der Waals surface area (Å²) >= 11 is 0. The molecule has 3 heterocycles. The van der Waals surface area contributed by atoms with Crippen LogP contribution in [0.25, 0.3) is 33.0 Å². The SMILES string of the molecule is COc1nc(N2CCCC3(CC2)CC(F)C3)c2c(=O)oc(-c3cc(O)cc4cccc(F)c34)c(C)c2n1. The zero-order valence-electron chi connectivity index (χ0n) is 20.7. The van der Waals surface area contributed by atoms with Crippen molar-refractivity contribution in [3.63, 3.8) is 0 Å². The Hall–Kier alpha value is -3.75. The molecule has 7 nitrogen and oxygen atoms in total. The zero-order valence-corrected chi connectivity index (χ0v) is 20.7. The molecule has 1 aliphatic heterocycles. The van der Waals surface area contributed by atoms with Crippen LogP contribution in [0.1, 0.15) is 37.7 Å². The highest BCUT2D eigenvalue weighted by Gasteiger charge is 2.45. The van der Waals surface area contributed by atoms with Crippen molar-refractivity contribution in [1.29, 1.82) is 0 Å². The first-order chi connectivity index (χ1) is 17.8. The fourth-order valence-electron chi connectivity index (χ4n) is 6.09. The van der Waals surface area contributed by atoms with E-state index in [0.29, 0.717) is 48.2 Å². The highest BCUT2D eigenvalue weighted by Crippen LogP contribution is 2.50. The minimum absolute atomic E-state index is 0.0231. The normalized spacial score (nSPS) is 21.8. The van der Waals surface area contributed by atoms with E-state index in [4.69, 9.17) is 9.15 Å². The quantitative estimate of drug-likeness (QED) is 0.382. The third-order valence-electron chi connectivity index (χ3n) is 7.96. The van der Waals surface area contributed by atoms with Gasteiger partial charge >= 0.3 is 11.6 Å². The maximum absolute atomic E-state index is 14.9. The van der Waals surface area contributed by atoms with Crippen molar-refractivity contribution in [2.75, 3.05) is 25.1 Å². The molecule has 1 saturated heterocycles. The predicted molar refractivity (Wildman–Crippen MR) is 137 cm³/mol. The van der Waals surface area contributed by atoms with Crippen molar-refractivity contribution in [1.82, 2.24) is 9.97 Å². The van der Waals surface area contributed by atoms with Gasteiger partial charge in [-0.3, -0.25) is 0 Å². The van der Waals surface area contributed by atoms with Crippen LogP contribution in [0.15, 0.2) is 39.5 Å². The van der Waals surface area contributed by atoms with Gasteiger partial charge in [-0.2, -0.15) is 9.97 Å². The number of fused-ring (bicyclic) bond motifs is 2. The van der Waals surface area contributed by atoms with Gasteiger partial charge in [0, 0.05) is 29.6 Å². The lowest BCUT2D eigenvalue weighted by atomic mass is 9.63. The summed E-state index contributed by atoms with van der Waals surface area (Å²) < 4.78 is 39.8. The summed E-state index contributed by atoms with van der Waals surface area (Å²) in [5, 5.41) is 11.3. The number of phenolic OH excluding ortho intramolecular Hbond substituents is 1. The molecule has 0 amide bonds. The van der Waals surface area contributed by atoms with Crippen molar-refractivity contribution in [3.05, 3.63) is 52.1 Å². The lowest BCUT2D eigenvalue weighted by Gasteiger charge is -2.44. The Morgan fingerprint density at radius 2 is 1.97 bits per heavy atom. The van der Waals surface area contributed by atoms with Crippen molar-refractivity contribution < 1.29 is 23.0 Å². The van der Waals surface area contributed by atoms with E-state index >= 15 is 0 Å². The van der Waals surface area contributed by atoms with Crippen LogP contribution in [-0.2, 0) is 0 Å². The molecule has 9 heteroatoms.